The maximum absolute atomic E-state index is 5.92. The molecule has 2 fully saturated rings. The molecular formula is C12H22ClN. The number of hydrogen-bond donors (Lipinski definition) is 0. The zero-order valence-corrected chi connectivity index (χ0v) is 9.81. The highest BCUT2D eigenvalue weighted by molar-refractivity contribution is 6.18. The van der Waals surface area contributed by atoms with Crippen molar-refractivity contribution in [2.75, 3.05) is 19.0 Å². The van der Waals surface area contributed by atoms with Crippen LogP contribution in [0.1, 0.15) is 44.9 Å². The molecule has 1 saturated carbocycles. The third-order valence-electron chi connectivity index (χ3n) is 3.88. The van der Waals surface area contributed by atoms with Gasteiger partial charge in [-0.15, -0.1) is 11.6 Å². The van der Waals surface area contributed by atoms with Crippen LogP contribution in [-0.2, 0) is 0 Å². The summed E-state index contributed by atoms with van der Waals surface area (Å²) >= 11 is 5.92. The smallest absolute Gasteiger partial charge is 0.0264 e. The van der Waals surface area contributed by atoms with Crippen molar-refractivity contribution in [1.82, 2.24) is 4.90 Å². The molecule has 0 bridgehead atoms. The highest BCUT2D eigenvalue weighted by Gasteiger charge is 2.27. The van der Waals surface area contributed by atoms with E-state index < -0.39 is 0 Å². The highest BCUT2D eigenvalue weighted by atomic mass is 35.5. The van der Waals surface area contributed by atoms with Gasteiger partial charge in [0.2, 0.25) is 0 Å². The Kier molecular flexibility index (Phi) is 4.12. The maximum atomic E-state index is 5.92. The summed E-state index contributed by atoms with van der Waals surface area (Å²) in [4.78, 5) is 2.71. The first-order valence-electron chi connectivity index (χ1n) is 6.20. The Morgan fingerprint density at radius 3 is 2.29 bits per heavy atom. The monoisotopic (exact) mass is 215 g/mol. The van der Waals surface area contributed by atoms with Crippen LogP contribution in [0.25, 0.3) is 0 Å². The van der Waals surface area contributed by atoms with Gasteiger partial charge in [0, 0.05) is 18.5 Å². The van der Waals surface area contributed by atoms with Crippen LogP contribution < -0.4 is 0 Å². The van der Waals surface area contributed by atoms with Crippen molar-refractivity contribution in [3.63, 3.8) is 0 Å². The number of alkyl halides is 1. The summed E-state index contributed by atoms with van der Waals surface area (Å²) in [5, 5.41) is 0. The lowest BCUT2D eigenvalue weighted by atomic mass is 10.1. The first-order valence-corrected chi connectivity index (χ1v) is 6.73. The van der Waals surface area contributed by atoms with Crippen LogP contribution in [0.4, 0.5) is 0 Å². The van der Waals surface area contributed by atoms with E-state index >= 15 is 0 Å². The predicted octanol–water partition coefficient (Wildman–Crippen LogP) is 3.27. The van der Waals surface area contributed by atoms with Gasteiger partial charge in [-0.2, -0.15) is 0 Å². The van der Waals surface area contributed by atoms with Crippen molar-refractivity contribution in [3.8, 4) is 0 Å². The molecular weight excluding hydrogens is 194 g/mol. The van der Waals surface area contributed by atoms with E-state index in [1.54, 1.807) is 0 Å². The van der Waals surface area contributed by atoms with Gasteiger partial charge in [-0.25, -0.2) is 0 Å². The third kappa shape index (κ3) is 2.64. The van der Waals surface area contributed by atoms with Gasteiger partial charge in [0.25, 0.3) is 0 Å². The summed E-state index contributed by atoms with van der Waals surface area (Å²) in [6.45, 7) is 2.58. The van der Waals surface area contributed by atoms with Gasteiger partial charge in [0.15, 0.2) is 0 Å². The Balaban J connectivity index is 1.82. The van der Waals surface area contributed by atoms with Crippen LogP contribution in [0.5, 0.6) is 0 Å². The summed E-state index contributed by atoms with van der Waals surface area (Å²) in [5.74, 6) is 1.64. The van der Waals surface area contributed by atoms with E-state index in [1.165, 1.54) is 58.0 Å². The minimum absolute atomic E-state index is 0.778. The first-order chi connectivity index (χ1) is 6.90. The van der Waals surface area contributed by atoms with Gasteiger partial charge in [-0.05, 0) is 31.7 Å². The number of likely N-dealkylation sites (tertiary alicyclic amines) is 1. The Hall–Kier alpha value is 0.250. The van der Waals surface area contributed by atoms with E-state index in [2.05, 4.69) is 4.90 Å². The summed E-state index contributed by atoms with van der Waals surface area (Å²) in [5.41, 5.74) is 0. The molecule has 2 rings (SSSR count). The molecule has 1 aliphatic heterocycles. The van der Waals surface area contributed by atoms with E-state index in [-0.39, 0.29) is 0 Å². The lowest BCUT2D eigenvalue weighted by molar-refractivity contribution is 0.215. The average Bonchev–Trinajstić information content (AvgIpc) is 2.53. The molecule has 1 nitrogen and oxygen atoms in total. The summed E-state index contributed by atoms with van der Waals surface area (Å²) in [7, 11) is 0. The van der Waals surface area contributed by atoms with Gasteiger partial charge in [0.1, 0.15) is 0 Å². The highest BCUT2D eigenvalue weighted by Crippen LogP contribution is 2.27. The standard InChI is InChI=1S/C12H22ClN/c13-9-11-7-8-14(10-11)12-5-3-1-2-4-6-12/h11-12H,1-10H2. The fourth-order valence-electron chi connectivity index (χ4n) is 2.94. The molecule has 2 aliphatic rings. The summed E-state index contributed by atoms with van der Waals surface area (Å²) in [6.07, 6.45) is 10.0. The second-order valence-corrected chi connectivity index (χ2v) is 5.26. The molecule has 1 atom stereocenters. The average molecular weight is 216 g/mol. The largest absolute Gasteiger partial charge is 0.300 e. The zero-order chi connectivity index (χ0) is 9.80. The van der Waals surface area contributed by atoms with Crippen LogP contribution in [0, 0.1) is 5.92 Å². The molecule has 0 radical (unpaired) electrons. The van der Waals surface area contributed by atoms with Crippen molar-refractivity contribution in [3.05, 3.63) is 0 Å². The molecule has 1 unspecified atom stereocenters. The van der Waals surface area contributed by atoms with Gasteiger partial charge >= 0.3 is 0 Å². The van der Waals surface area contributed by atoms with E-state index in [9.17, 15) is 0 Å². The maximum Gasteiger partial charge on any atom is 0.0264 e. The molecule has 1 aliphatic carbocycles. The van der Waals surface area contributed by atoms with Crippen molar-refractivity contribution in [1.29, 1.82) is 0 Å². The lowest BCUT2D eigenvalue weighted by Crippen LogP contribution is -2.33. The normalized spacial score (nSPS) is 31.9. The van der Waals surface area contributed by atoms with Gasteiger partial charge in [-0.3, -0.25) is 0 Å². The second kappa shape index (κ2) is 5.37. The minimum atomic E-state index is 0.778. The third-order valence-corrected chi connectivity index (χ3v) is 4.31. The van der Waals surface area contributed by atoms with Gasteiger partial charge < -0.3 is 4.90 Å². The molecule has 2 heteroatoms. The summed E-state index contributed by atoms with van der Waals surface area (Å²) in [6, 6.07) is 0.894. The molecule has 0 spiro atoms. The topological polar surface area (TPSA) is 3.24 Å². The fraction of sp³-hybridized carbons (Fsp3) is 1.00. The SMILES string of the molecule is ClCC1CCN(C2CCCCCC2)C1. The zero-order valence-electron chi connectivity index (χ0n) is 9.05. The van der Waals surface area contributed by atoms with E-state index in [4.69, 9.17) is 11.6 Å². The fourth-order valence-corrected chi connectivity index (χ4v) is 3.20. The van der Waals surface area contributed by atoms with Crippen molar-refractivity contribution >= 4 is 11.6 Å². The van der Waals surface area contributed by atoms with E-state index in [1.807, 2.05) is 0 Å². The molecule has 0 aromatic carbocycles. The molecule has 14 heavy (non-hydrogen) atoms. The van der Waals surface area contributed by atoms with Crippen LogP contribution in [0.2, 0.25) is 0 Å². The number of halogens is 1. The molecule has 1 heterocycles. The molecule has 0 aromatic heterocycles. The summed E-state index contributed by atoms with van der Waals surface area (Å²) < 4.78 is 0. The molecule has 0 aromatic rings. The molecule has 82 valence electrons. The van der Waals surface area contributed by atoms with Crippen LogP contribution in [0.3, 0.4) is 0 Å². The van der Waals surface area contributed by atoms with Crippen LogP contribution >= 0.6 is 11.6 Å². The minimum Gasteiger partial charge on any atom is -0.300 e. The predicted molar refractivity (Wildman–Crippen MR) is 61.9 cm³/mol. The Labute approximate surface area is 92.8 Å². The van der Waals surface area contributed by atoms with Crippen LogP contribution in [-0.4, -0.2) is 29.9 Å². The molecule has 0 amide bonds. The van der Waals surface area contributed by atoms with Gasteiger partial charge in [-0.1, -0.05) is 25.7 Å². The van der Waals surface area contributed by atoms with Crippen LogP contribution in [0.15, 0.2) is 0 Å². The number of nitrogens with zero attached hydrogens (tertiary/aromatic N) is 1. The lowest BCUT2D eigenvalue weighted by Gasteiger charge is -2.26. The quantitative estimate of drug-likeness (QED) is 0.505. The van der Waals surface area contributed by atoms with E-state index in [0.29, 0.717) is 0 Å². The Bertz CT molecular complexity index is 164. The molecule has 1 saturated heterocycles. The van der Waals surface area contributed by atoms with Crippen molar-refractivity contribution in [2.24, 2.45) is 5.92 Å². The Morgan fingerprint density at radius 1 is 1.00 bits per heavy atom. The van der Waals surface area contributed by atoms with E-state index in [0.717, 1.165) is 17.8 Å². The van der Waals surface area contributed by atoms with Gasteiger partial charge in [0.05, 0.1) is 0 Å². The van der Waals surface area contributed by atoms with Crippen molar-refractivity contribution in [2.45, 2.75) is 51.0 Å². The second-order valence-electron chi connectivity index (χ2n) is 4.95. The number of rotatable bonds is 2. The Morgan fingerprint density at radius 2 is 1.71 bits per heavy atom. The number of hydrogen-bond acceptors (Lipinski definition) is 1. The van der Waals surface area contributed by atoms with Crippen molar-refractivity contribution < 1.29 is 0 Å². The first kappa shape index (κ1) is 10.8. The molecule has 0 N–H and O–H groups in total.